The van der Waals surface area contributed by atoms with Gasteiger partial charge < -0.3 is 5.11 Å². The highest BCUT2D eigenvalue weighted by Crippen LogP contribution is 2.73. The Bertz CT molecular complexity index is 680. The van der Waals surface area contributed by atoms with Crippen molar-refractivity contribution in [2.75, 3.05) is 0 Å². The molecular formula is C25H38O2. The summed E-state index contributed by atoms with van der Waals surface area (Å²) in [5.74, 6) is 3.41. The van der Waals surface area contributed by atoms with E-state index in [0.717, 1.165) is 43.4 Å². The van der Waals surface area contributed by atoms with Gasteiger partial charge in [-0.25, -0.2) is 0 Å². The molecule has 0 heterocycles. The molecular weight excluding hydrogens is 332 g/mol. The van der Waals surface area contributed by atoms with Gasteiger partial charge in [-0.2, -0.15) is 0 Å². The molecule has 2 heteroatoms. The van der Waals surface area contributed by atoms with Crippen LogP contribution in [0.1, 0.15) is 91.4 Å². The Balaban J connectivity index is 1.54. The minimum atomic E-state index is -0.120. The predicted octanol–water partition coefficient (Wildman–Crippen LogP) is 5.69. The molecule has 0 aromatic heterocycles. The number of Topliss-reactive ketones (excluding diaryl/α,β-unsaturated/α-hetero) is 1. The SMILES string of the molecule is CC(=O)[C@]12CCCC[C@@H]1C[C@H]1[C@H]3CC=C4C[C@@H](O)CC[C@]4(C)[C@@H]3CC[C@@]12C. The molecule has 0 radical (unpaired) electrons. The Kier molecular flexibility index (Phi) is 4.05. The number of allylic oxidation sites excluding steroid dienone is 1. The summed E-state index contributed by atoms with van der Waals surface area (Å²) in [6.45, 7) is 6.94. The molecule has 0 bridgehead atoms. The lowest BCUT2D eigenvalue weighted by atomic mass is 9.44. The second-order valence-electron chi connectivity index (χ2n) is 11.3. The largest absolute Gasteiger partial charge is 0.393 e. The van der Waals surface area contributed by atoms with Gasteiger partial charge in [0, 0.05) is 5.41 Å². The standard InChI is InChI=1S/C25H38O2/c1-16(26)25-11-5-4-6-18(25)15-22-20-8-7-17-14-19(27)9-12-23(17,2)21(20)10-13-24(22,25)3/h7,18-22,27H,4-6,8-15H2,1-3H3/t18-,19+,20+,21-,22+,23+,24+,25-/m1/s1. The van der Waals surface area contributed by atoms with E-state index in [2.05, 4.69) is 19.9 Å². The molecule has 5 aliphatic carbocycles. The Morgan fingerprint density at radius 3 is 2.67 bits per heavy atom. The number of fused-ring (bicyclic) bond motifs is 7. The number of rotatable bonds is 1. The fraction of sp³-hybridized carbons (Fsp3) is 0.880. The lowest BCUT2D eigenvalue weighted by Crippen LogP contribution is -2.55. The lowest BCUT2D eigenvalue weighted by Gasteiger charge is -2.60. The molecule has 4 fully saturated rings. The van der Waals surface area contributed by atoms with Gasteiger partial charge in [0.25, 0.3) is 0 Å². The highest BCUT2D eigenvalue weighted by Gasteiger charge is 2.68. The first kappa shape index (κ1) is 18.4. The first-order chi connectivity index (χ1) is 12.8. The van der Waals surface area contributed by atoms with Crippen LogP contribution in [0.25, 0.3) is 0 Å². The maximum absolute atomic E-state index is 13.1. The summed E-state index contributed by atoms with van der Waals surface area (Å²) in [5, 5.41) is 10.2. The fourth-order valence-corrected chi connectivity index (χ4v) is 9.44. The maximum atomic E-state index is 13.1. The smallest absolute Gasteiger partial charge is 0.136 e. The zero-order valence-electron chi connectivity index (χ0n) is 17.6. The average Bonchev–Trinajstić information content (AvgIpc) is 2.92. The van der Waals surface area contributed by atoms with Crippen molar-refractivity contribution in [3.8, 4) is 0 Å². The number of ketones is 1. The van der Waals surface area contributed by atoms with Crippen LogP contribution < -0.4 is 0 Å². The third kappa shape index (κ3) is 2.20. The predicted molar refractivity (Wildman–Crippen MR) is 108 cm³/mol. The van der Waals surface area contributed by atoms with Crippen LogP contribution in [0.3, 0.4) is 0 Å². The van der Waals surface area contributed by atoms with E-state index in [9.17, 15) is 9.90 Å². The van der Waals surface area contributed by atoms with Gasteiger partial charge >= 0.3 is 0 Å². The van der Waals surface area contributed by atoms with E-state index in [1.54, 1.807) is 5.57 Å². The maximum Gasteiger partial charge on any atom is 0.136 e. The van der Waals surface area contributed by atoms with Crippen LogP contribution in [-0.4, -0.2) is 17.0 Å². The van der Waals surface area contributed by atoms with Crippen molar-refractivity contribution < 1.29 is 9.90 Å². The monoisotopic (exact) mass is 370 g/mol. The van der Waals surface area contributed by atoms with Gasteiger partial charge in [0.15, 0.2) is 0 Å². The van der Waals surface area contributed by atoms with E-state index in [0.29, 0.717) is 17.1 Å². The van der Waals surface area contributed by atoms with Gasteiger partial charge in [-0.1, -0.05) is 38.3 Å². The van der Waals surface area contributed by atoms with Crippen LogP contribution in [0, 0.1) is 39.9 Å². The first-order valence-corrected chi connectivity index (χ1v) is 11.7. The van der Waals surface area contributed by atoms with Crippen LogP contribution in [0.4, 0.5) is 0 Å². The molecule has 0 aromatic carbocycles. The number of aliphatic hydroxyl groups excluding tert-OH is 1. The molecule has 4 saturated carbocycles. The molecule has 0 spiro atoms. The zero-order chi connectivity index (χ0) is 19.0. The van der Waals surface area contributed by atoms with Gasteiger partial charge in [0.2, 0.25) is 0 Å². The van der Waals surface area contributed by atoms with Crippen molar-refractivity contribution in [1.29, 1.82) is 0 Å². The topological polar surface area (TPSA) is 37.3 Å². The highest BCUT2D eigenvalue weighted by molar-refractivity contribution is 5.84. The molecule has 150 valence electrons. The summed E-state index contributed by atoms with van der Waals surface area (Å²) in [5.41, 5.74) is 2.07. The molecule has 0 aliphatic heterocycles. The van der Waals surface area contributed by atoms with E-state index in [4.69, 9.17) is 0 Å². The molecule has 0 saturated heterocycles. The van der Waals surface area contributed by atoms with Crippen molar-refractivity contribution in [3.05, 3.63) is 11.6 Å². The van der Waals surface area contributed by atoms with Crippen LogP contribution >= 0.6 is 0 Å². The molecule has 2 nitrogen and oxygen atoms in total. The fourth-order valence-electron chi connectivity index (χ4n) is 9.44. The molecule has 5 aliphatic rings. The van der Waals surface area contributed by atoms with Gasteiger partial charge in [-0.05, 0) is 99.2 Å². The number of aliphatic hydroxyl groups is 1. The summed E-state index contributed by atoms with van der Waals surface area (Å²) in [4.78, 5) is 13.1. The molecule has 1 N–H and O–H groups in total. The van der Waals surface area contributed by atoms with Crippen LogP contribution in [0.2, 0.25) is 0 Å². The zero-order valence-corrected chi connectivity index (χ0v) is 17.6. The molecule has 0 amide bonds. The van der Waals surface area contributed by atoms with Crippen LogP contribution in [0.15, 0.2) is 11.6 Å². The third-order valence-corrected chi connectivity index (χ3v) is 10.7. The number of hydrogen-bond donors (Lipinski definition) is 1. The van der Waals surface area contributed by atoms with Crippen molar-refractivity contribution in [2.24, 2.45) is 39.9 Å². The second kappa shape index (κ2) is 5.94. The molecule has 27 heavy (non-hydrogen) atoms. The minimum Gasteiger partial charge on any atom is -0.393 e. The molecule has 0 aromatic rings. The Labute approximate surface area is 165 Å². The van der Waals surface area contributed by atoms with Crippen LogP contribution in [0.5, 0.6) is 0 Å². The van der Waals surface area contributed by atoms with E-state index in [-0.39, 0.29) is 16.9 Å². The average molecular weight is 371 g/mol. The summed E-state index contributed by atoms with van der Waals surface area (Å²) in [6, 6.07) is 0. The van der Waals surface area contributed by atoms with E-state index in [1.165, 1.54) is 44.9 Å². The minimum absolute atomic E-state index is 0.0193. The molecule has 8 atom stereocenters. The van der Waals surface area contributed by atoms with Crippen molar-refractivity contribution in [2.45, 2.75) is 97.5 Å². The van der Waals surface area contributed by atoms with Crippen LogP contribution in [-0.2, 0) is 4.79 Å². The summed E-state index contributed by atoms with van der Waals surface area (Å²) < 4.78 is 0. The lowest BCUT2D eigenvalue weighted by molar-refractivity contribution is -0.147. The quantitative estimate of drug-likeness (QED) is 0.602. The van der Waals surface area contributed by atoms with Gasteiger partial charge in [-0.15, -0.1) is 0 Å². The summed E-state index contributed by atoms with van der Waals surface area (Å²) in [6.07, 6.45) is 15.5. The van der Waals surface area contributed by atoms with Gasteiger partial charge in [-0.3, -0.25) is 4.79 Å². The Morgan fingerprint density at radius 2 is 1.89 bits per heavy atom. The number of carbonyl (C=O) groups is 1. The Hall–Kier alpha value is -0.630. The normalized spacial score (nSPS) is 54.2. The van der Waals surface area contributed by atoms with Gasteiger partial charge in [0.05, 0.1) is 6.10 Å². The van der Waals surface area contributed by atoms with Crippen molar-refractivity contribution in [1.82, 2.24) is 0 Å². The third-order valence-electron chi connectivity index (χ3n) is 10.7. The number of hydrogen-bond acceptors (Lipinski definition) is 2. The number of carbonyl (C=O) groups excluding carboxylic acids is 1. The summed E-state index contributed by atoms with van der Waals surface area (Å²) in [7, 11) is 0. The molecule has 5 rings (SSSR count). The Morgan fingerprint density at radius 1 is 1.07 bits per heavy atom. The van der Waals surface area contributed by atoms with E-state index in [1.807, 2.05) is 6.92 Å². The summed E-state index contributed by atoms with van der Waals surface area (Å²) >= 11 is 0. The first-order valence-electron chi connectivity index (χ1n) is 11.7. The van der Waals surface area contributed by atoms with E-state index >= 15 is 0 Å². The second-order valence-corrected chi connectivity index (χ2v) is 11.3. The van der Waals surface area contributed by atoms with E-state index < -0.39 is 0 Å². The molecule has 0 unspecified atom stereocenters. The van der Waals surface area contributed by atoms with Crippen molar-refractivity contribution >= 4 is 5.78 Å². The van der Waals surface area contributed by atoms with Crippen molar-refractivity contribution in [3.63, 3.8) is 0 Å². The highest BCUT2D eigenvalue weighted by atomic mass is 16.3. The van der Waals surface area contributed by atoms with Gasteiger partial charge in [0.1, 0.15) is 5.78 Å².